The van der Waals surface area contributed by atoms with Gasteiger partial charge in [0.25, 0.3) is 0 Å². The first-order valence-electron chi connectivity index (χ1n) is 6.97. The minimum Gasteiger partial charge on any atom is -0.504 e. The number of hydrogen-bond acceptors (Lipinski definition) is 4. The maximum atomic E-state index is 9.99. The molecule has 1 N–H and O–H groups in total. The quantitative estimate of drug-likeness (QED) is 0.928. The van der Waals surface area contributed by atoms with Gasteiger partial charge in [0.05, 0.1) is 13.2 Å². The molecule has 0 saturated carbocycles. The number of phenolic OH excluding ortho intramolecular Hbond substituents is 1. The van der Waals surface area contributed by atoms with Crippen molar-refractivity contribution in [2.45, 2.75) is 0 Å². The van der Waals surface area contributed by atoms with Gasteiger partial charge in [-0.1, -0.05) is 24.3 Å². The highest BCUT2D eigenvalue weighted by atomic mass is 16.5. The van der Waals surface area contributed by atoms with Gasteiger partial charge in [0, 0.05) is 19.6 Å². The Morgan fingerprint density at radius 3 is 2.55 bits per heavy atom. The molecule has 1 saturated heterocycles. The molecule has 4 nitrogen and oxygen atoms in total. The molecule has 20 heavy (non-hydrogen) atoms. The lowest BCUT2D eigenvalue weighted by Gasteiger charge is -2.26. The highest BCUT2D eigenvalue weighted by molar-refractivity contribution is 5.85. The number of ether oxygens (including phenoxy) is 2. The van der Waals surface area contributed by atoms with E-state index in [0.29, 0.717) is 12.4 Å². The fourth-order valence-corrected chi connectivity index (χ4v) is 2.43. The Morgan fingerprint density at radius 2 is 1.80 bits per heavy atom. The van der Waals surface area contributed by atoms with Gasteiger partial charge in [-0.25, -0.2) is 0 Å². The standard InChI is InChI=1S/C16H19NO3/c18-15-11-13-3-1-2-4-14(13)12-16(15)20-10-7-17-5-8-19-9-6-17/h1-4,11-12,18H,5-10H2. The van der Waals surface area contributed by atoms with Gasteiger partial charge in [-0.05, 0) is 22.9 Å². The summed E-state index contributed by atoms with van der Waals surface area (Å²) in [6.45, 7) is 4.92. The second-order valence-electron chi connectivity index (χ2n) is 4.97. The normalized spacial score (nSPS) is 16.4. The maximum absolute atomic E-state index is 9.99. The summed E-state index contributed by atoms with van der Waals surface area (Å²) in [7, 11) is 0. The van der Waals surface area contributed by atoms with Gasteiger partial charge in [-0.3, -0.25) is 4.90 Å². The van der Waals surface area contributed by atoms with Crippen LogP contribution in [0.1, 0.15) is 0 Å². The van der Waals surface area contributed by atoms with Crippen molar-refractivity contribution in [3.8, 4) is 11.5 Å². The van der Waals surface area contributed by atoms with Gasteiger partial charge < -0.3 is 14.6 Å². The van der Waals surface area contributed by atoms with E-state index in [1.807, 2.05) is 30.3 Å². The second kappa shape index (κ2) is 6.11. The molecule has 0 aliphatic carbocycles. The molecule has 0 amide bonds. The Labute approximate surface area is 118 Å². The fraction of sp³-hybridized carbons (Fsp3) is 0.375. The first-order chi connectivity index (χ1) is 9.83. The first kappa shape index (κ1) is 13.2. The minimum atomic E-state index is 0.200. The van der Waals surface area contributed by atoms with E-state index in [0.717, 1.165) is 43.6 Å². The SMILES string of the molecule is Oc1cc2ccccc2cc1OCCN1CCOCC1. The molecule has 0 aromatic heterocycles. The van der Waals surface area contributed by atoms with Crippen LogP contribution in [-0.2, 0) is 4.74 Å². The summed E-state index contributed by atoms with van der Waals surface area (Å²) in [5.41, 5.74) is 0. The summed E-state index contributed by atoms with van der Waals surface area (Å²) in [4.78, 5) is 2.31. The Balaban J connectivity index is 1.63. The van der Waals surface area contributed by atoms with E-state index in [9.17, 15) is 5.11 Å². The summed E-state index contributed by atoms with van der Waals surface area (Å²) >= 11 is 0. The third-order valence-corrected chi connectivity index (χ3v) is 3.60. The summed E-state index contributed by atoms with van der Waals surface area (Å²) < 4.78 is 11.0. The average Bonchev–Trinajstić information content (AvgIpc) is 2.49. The zero-order valence-electron chi connectivity index (χ0n) is 11.4. The number of morpholine rings is 1. The Hall–Kier alpha value is -1.78. The maximum Gasteiger partial charge on any atom is 0.161 e. The van der Waals surface area contributed by atoms with Crippen LogP contribution in [-0.4, -0.2) is 49.5 Å². The van der Waals surface area contributed by atoms with Crippen LogP contribution >= 0.6 is 0 Å². The van der Waals surface area contributed by atoms with E-state index in [1.165, 1.54) is 0 Å². The van der Waals surface area contributed by atoms with Crippen LogP contribution in [0, 0.1) is 0 Å². The van der Waals surface area contributed by atoms with Crippen molar-refractivity contribution < 1.29 is 14.6 Å². The monoisotopic (exact) mass is 273 g/mol. The minimum absolute atomic E-state index is 0.200. The van der Waals surface area contributed by atoms with Gasteiger partial charge >= 0.3 is 0 Å². The molecule has 0 atom stereocenters. The smallest absolute Gasteiger partial charge is 0.161 e. The van der Waals surface area contributed by atoms with Gasteiger partial charge in [0.15, 0.2) is 11.5 Å². The van der Waals surface area contributed by atoms with Crippen LogP contribution in [0.15, 0.2) is 36.4 Å². The molecule has 3 rings (SSSR count). The molecule has 1 aliphatic heterocycles. The molecule has 4 heteroatoms. The number of aromatic hydroxyl groups is 1. The van der Waals surface area contributed by atoms with Crippen LogP contribution < -0.4 is 4.74 Å². The molecule has 2 aromatic rings. The van der Waals surface area contributed by atoms with E-state index >= 15 is 0 Å². The first-order valence-corrected chi connectivity index (χ1v) is 6.97. The number of nitrogens with zero attached hydrogens (tertiary/aromatic N) is 1. The molecule has 106 valence electrons. The van der Waals surface area contributed by atoms with Crippen molar-refractivity contribution in [3.63, 3.8) is 0 Å². The topological polar surface area (TPSA) is 41.9 Å². The van der Waals surface area contributed by atoms with E-state index in [-0.39, 0.29) is 5.75 Å². The molecule has 0 spiro atoms. The van der Waals surface area contributed by atoms with Crippen molar-refractivity contribution in [2.24, 2.45) is 0 Å². The van der Waals surface area contributed by atoms with Crippen molar-refractivity contribution in [1.29, 1.82) is 0 Å². The number of rotatable bonds is 4. The Morgan fingerprint density at radius 1 is 1.10 bits per heavy atom. The number of benzene rings is 2. The van der Waals surface area contributed by atoms with Crippen LogP contribution in [0.25, 0.3) is 10.8 Å². The third kappa shape index (κ3) is 3.03. The van der Waals surface area contributed by atoms with Crippen molar-refractivity contribution in [2.75, 3.05) is 39.5 Å². The molecular formula is C16H19NO3. The van der Waals surface area contributed by atoms with Crippen LogP contribution in [0.5, 0.6) is 11.5 Å². The molecule has 0 bridgehead atoms. The van der Waals surface area contributed by atoms with Gasteiger partial charge in [-0.15, -0.1) is 0 Å². The summed E-state index contributed by atoms with van der Waals surface area (Å²) in [5.74, 6) is 0.752. The van der Waals surface area contributed by atoms with Gasteiger partial charge in [-0.2, -0.15) is 0 Å². The van der Waals surface area contributed by atoms with Gasteiger partial charge in [0.2, 0.25) is 0 Å². The highest BCUT2D eigenvalue weighted by Gasteiger charge is 2.11. The Kier molecular flexibility index (Phi) is 4.04. The second-order valence-corrected chi connectivity index (χ2v) is 4.97. The number of fused-ring (bicyclic) bond motifs is 1. The molecule has 0 radical (unpaired) electrons. The molecule has 2 aromatic carbocycles. The molecule has 1 fully saturated rings. The predicted molar refractivity (Wildman–Crippen MR) is 78.4 cm³/mol. The fourth-order valence-electron chi connectivity index (χ4n) is 2.43. The largest absolute Gasteiger partial charge is 0.504 e. The molecule has 0 unspecified atom stereocenters. The predicted octanol–water partition coefficient (Wildman–Crippen LogP) is 2.26. The summed E-state index contributed by atoms with van der Waals surface area (Å²) in [5, 5.41) is 12.1. The van der Waals surface area contributed by atoms with E-state index in [2.05, 4.69) is 4.90 Å². The van der Waals surface area contributed by atoms with Crippen LogP contribution in [0.3, 0.4) is 0 Å². The summed E-state index contributed by atoms with van der Waals surface area (Å²) in [6.07, 6.45) is 0. The van der Waals surface area contributed by atoms with E-state index in [1.54, 1.807) is 6.07 Å². The van der Waals surface area contributed by atoms with Crippen molar-refractivity contribution >= 4 is 10.8 Å². The Bertz CT molecular complexity index is 579. The van der Waals surface area contributed by atoms with Crippen molar-refractivity contribution in [3.05, 3.63) is 36.4 Å². The lowest BCUT2D eigenvalue weighted by atomic mass is 10.1. The lowest BCUT2D eigenvalue weighted by molar-refractivity contribution is 0.0321. The molecular weight excluding hydrogens is 254 g/mol. The summed E-state index contributed by atoms with van der Waals surface area (Å²) in [6, 6.07) is 11.6. The van der Waals surface area contributed by atoms with Crippen LogP contribution in [0.4, 0.5) is 0 Å². The van der Waals surface area contributed by atoms with E-state index < -0.39 is 0 Å². The molecule has 1 aliphatic rings. The van der Waals surface area contributed by atoms with Crippen LogP contribution in [0.2, 0.25) is 0 Å². The van der Waals surface area contributed by atoms with Gasteiger partial charge in [0.1, 0.15) is 6.61 Å². The number of phenols is 1. The number of hydrogen-bond donors (Lipinski definition) is 1. The van der Waals surface area contributed by atoms with Crippen molar-refractivity contribution in [1.82, 2.24) is 4.90 Å². The average molecular weight is 273 g/mol. The zero-order valence-corrected chi connectivity index (χ0v) is 11.4. The lowest BCUT2D eigenvalue weighted by Crippen LogP contribution is -2.38. The highest BCUT2D eigenvalue weighted by Crippen LogP contribution is 2.31. The third-order valence-electron chi connectivity index (χ3n) is 3.60. The molecule has 1 heterocycles. The van der Waals surface area contributed by atoms with E-state index in [4.69, 9.17) is 9.47 Å². The zero-order chi connectivity index (χ0) is 13.8.